The minimum Gasteiger partial charge on any atom is -0.475 e. The lowest BCUT2D eigenvalue weighted by Crippen LogP contribution is -2.18. The minimum absolute atomic E-state index is 0.158. The molecule has 4 nitrogen and oxygen atoms in total. The number of aliphatic hydroxyl groups excluding tert-OH is 1. The van der Waals surface area contributed by atoms with E-state index in [2.05, 4.69) is 9.97 Å². The molecule has 0 aliphatic rings. The number of aromatic nitrogens is 2. The molecule has 1 unspecified atom stereocenters. The quantitative estimate of drug-likeness (QED) is 0.898. The second kappa shape index (κ2) is 4.81. The molecule has 2 aromatic heterocycles. The monoisotopic (exact) mass is 266 g/mol. The molecule has 0 fully saturated rings. The number of nitrogens with zero attached hydrogens (tertiary/aromatic N) is 1. The van der Waals surface area contributed by atoms with Crippen LogP contribution < -0.4 is 4.74 Å². The van der Waals surface area contributed by atoms with Gasteiger partial charge in [0.25, 0.3) is 0 Å². The van der Waals surface area contributed by atoms with E-state index in [0.29, 0.717) is 16.9 Å². The van der Waals surface area contributed by atoms with E-state index in [0.717, 1.165) is 5.56 Å². The zero-order valence-corrected chi connectivity index (χ0v) is 11.6. The van der Waals surface area contributed by atoms with Crippen molar-refractivity contribution >= 4 is 11.0 Å². The first kappa shape index (κ1) is 13.8. The van der Waals surface area contributed by atoms with Crippen molar-refractivity contribution in [2.45, 2.75) is 39.2 Å². The van der Waals surface area contributed by atoms with Crippen molar-refractivity contribution < 1.29 is 14.2 Å². The molecule has 0 spiro atoms. The molecule has 2 N–H and O–H groups in total. The number of aromatic amines is 1. The maximum absolute atomic E-state index is 13.6. The first-order valence-corrected chi connectivity index (χ1v) is 6.28. The molecule has 0 aliphatic carbocycles. The molecule has 104 valence electrons. The van der Waals surface area contributed by atoms with Crippen LogP contribution in [0.1, 0.15) is 33.3 Å². The van der Waals surface area contributed by atoms with Crippen LogP contribution >= 0.6 is 0 Å². The maximum atomic E-state index is 13.6. The summed E-state index contributed by atoms with van der Waals surface area (Å²) in [5.41, 5.74) is 1.05. The second-order valence-corrected chi connectivity index (χ2v) is 5.78. The number of rotatable bonds is 3. The third kappa shape index (κ3) is 2.87. The predicted molar refractivity (Wildman–Crippen MR) is 71.9 cm³/mol. The summed E-state index contributed by atoms with van der Waals surface area (Å²) in [5.74, 6) is 0.109. The van der Waals surface area contributed by atoms with Gasteiger partial charge in [0.2, 0.25) is 5.88 Å². The molecule has 0 saturated heterocycles. The van der Waals surface area contributed by atoms with Gasteiger partial charge in [-0.15, -0.1) is 0 Å². The van der Waals surface area contributed by atoms with Gasteiger partial charge in [-0.1, -0.05) is 20.8 Å². The van der Waals surface area contributed by atoms with Crippen LogP contribution in [-0.4, -0.2) is 27.8 Å². The van der Waals surface area contributed by atoms with E-state index in [9.17, 15) is 9.50 Å². The smallest absolute Gasteiger partial charge is 0.219 e. The molecule has 0 amide bonds. The molecule has 2 heterocycles. The van der Waals surface area contributed by atoms with E-state index in [1.165, 1.54) is 6.20 Å². The number of pyridine rings is 1. The summed E-state index contributed by atoms with van der Waals surface area (Å²) in [6.07, 6.45) is 0.702. The summed E-state index contributed by atoms with van der Waals surface area (Å²) >= 11 is 0. The molecule has 2 rings (SSSR count). The minimum atomic E-state index is -0.578. The Hall–Kier alpha value is -1.62. The summed E-state index contributed by atoms with van der Waals surface area (Å²) in [6.45, 7) is 7.83. The van der Waals surface area contributed by atoms with E-state index in [1.807, 2.05) is 20.8 Å². The van der Waals surface area contributed by atoms with Crippen molar-refractivity contribution in [2.75, 3.05) is 6.61 Å². The highest BCUT2D eigenvalue weighted by molar-refractivity contribution is 5.78. The van der Waals surface area contributed by atoms with Crippen molar-refractivity contribution in [2.24, 2.45) is 0 Å². The molecular formula is C14H19FN2O2. The highest BCUT2D eigenvalue weighted by Gasteiger charge is 2.23. The summed E-state index contributed by atoms with van der Waals surface area (Å²) in [5, 5.41) is 9.76. The summed E-state index contributed by atoms with van der Waals surface area (Å²) in [4.78, 5) is 7.07. The topological polar surface area (TPSA) is 58.1 Å². The normalized spacial score (nSPS) is 13.8. The van der Waals surface area contributed by atoms with Gasteiger partial charge in [-0.25, -0.2) is 4.39 Å². The lowest BCUT2D eigenvalue weighted by Gasteiger charge is -2.22. The molecule has 19 heavy (non-hydrogen) atoms. The standard InChI is InChI=1S/C14H19FN2O2/c1-8(18)7-19-13-10(14(2,3)4)5-9-11(15)6-16-12(9)17-13/h5-6,8,18H,7H2,1-4H3,(H,16,17). The van der Waals surface area contributed by atoms with Crippen molar-refractivity contribution in [1.82, 2.24) is 9.97 Å². The molecule has 0 saturated carbocycles. The third-order valence-electron chi connectivity index (χ3n) is 2.85. The average Bonchev–Trinajstić information content (AvgIpc) is 2.65. The van der Waals surface area contributed by atoms with Gasteiger partial charge < -0.3 is 14.8 Å². The molecule has 0 bridgehead atoms. The number of ether oxygens (including phenoxy) is 1. The van der Waals surface area contributed by atoms with Gasteiger partial charge in [0.05, 0.1) is 11.5 Å². The lowest BCUT2D eigenvalue weighted by molar-refractivity contribution is 0.118. The number of nitrogens with one attached hydrogen (secondary N) is 1. The molecule has 5 heteroatoms. The van der Waals surface area contributed by atoms with Gasteiger partial charge in [-0.2, -0.15) is 4.98 Å². The van der Waals surface area contributed by atoms with E-state index >= 15 is 0 Å². The van der Waals surface area contributed by atoms with Crippen LogP contribution in [0.5, 0.6) is 5.88 Å². The molecule has 2 aromatic rings. The Bertz CT molecular complexity index is 585. The van der Waals surface area contributed by atoms with Crippen LogP contribution in [0.3, 0.4) is 0 Å². The highest BCUT2D eigenvalue weighted by atomic mass is 19.1. The van der Waals surface area contributed by atoms with E-state index in [-0.39, 0.29) is 17.8 Å². The zero-order valence-electron chi connectivity index (χ0n) is 11.6. The Kier molecular flexibility index (Phi) is 3.49. The van der Waals surface area contributed by atoms with Crippen molar-refractivity contribution in [3.63, 3.8) is 0 Å². The Morgan fingerprint density at radius 1 is 1.47 bits per heavy atom. The number of fused-ring (bicyclic) bond motifs is 1. The largest absolute Gasteiger partial charge is 0.475 e. The SMILES string of the molecule is CC(O)COc1nc2[nH]cc(F)c2cc1C(C)(C)C. The Morgan fingerprint density at radius 2 is 2.16 bits per heavy atom. The molecule has 1 atom stereocenters. The molecule has 0 radical (unpaired) electrons. The van der Waals surface area contributed by atoms with Gasteiger partial charge in [-0.3, -0.25) is 0 Å². The van der Waals surface area contributed by atoms with E-state index in [4.69, 9.17) is 4.74 Å². The molecule has 0 aliphatic heterocycles. The Labute approximate surface area is 111 Å². The van der Waals surface area contributed by atoms with Crippen LogP contribution in [-0.2, 0) is 5.41 Å². The summed E-state index contributed by atoms with van der Waals surface area (Å²) in [6, 6.07) is 1.76. The third-order valence-corrected chi connectivity index (χ3v) is 2.85. The van der Waals surface area contributed by atoms with Crippen molar-refractivity contribution in [3.05, 3.63) is 23.6 Å². The molecular weight excluding hydrogens is 247 g/mol. The van der Waals surface area contributed by atoms with Crippen LogP contribution in [0.15, 0.2) is 12.3 Å². The van der Waals surface area contributed by atoms with Gasteiger partial charge in [0.15, 0.2) is 0 Å². The van der Waals surface area contributed by atoms with E-state index in [1.54, 1.807) is 13.0 Å². The summed E-state index contributed by atoms with van der Waals surface area (Å²) in [7, 11) is 0. The number of hydrogen-bond acceptors (Lipinski definition) is 3. The highest BCUT2D eigenvalue weighted by Crippen LogP contribution is 2.33. The van der Waals surface area contributed by atoms with Gasteiger partial charge in [-0.05, 0) is 18.4 Å². The first-order chi connectivity index (χ1) is 8.79. The Morgan fingerprint density at radius 3 is 2.74 bits per heavy atom. The number of H-pyrrole nitrogens is 1. The second-order valence-electron chi connectivity index (χ2n) is 5.78. The average molecular weight is 266 g/mol. The van der Waals surface area contributed by atoms with Crippen molar-refractivity contribution in [1.29, 1.82) is 0 Å². The van der Waals surface area contributed by atoms with E-state index < -0.39 is 6.10 Å². The predicted octanol–water partition coefficient (Wildman–Crippen LogP) is 2.76. The summed E-state index contributed by atoms with van der Waals surface area (Å²) < 4.78 is 19.1. The van der Waals surface area contributed by atoms with Crippen LogP contribution in [0, 0.1) is 5.82 Å². The lowest BCUT2D eigenvalue weighted by atomic mass is 9.87. The van der Waals surface area contributed by atoms with Crippen LogP contribution in [0.4, 0.5) is 4.39 Å². The first-order valence-electron chi connectivity index (χ1n) is 6.28. The fourth-order valence-electron chi connectivity index (χ4n) is 1.84. The van der Waals surface area contributed by atoms with Crippen molar-refractivity contribution in [3.8, 4) is 5.88 Å². The maximum Gasteiger partial charge on any atom is 0.219 e. The van der Waals surface area contributed by atoms with Crippen LogP contribution in [0.25, 0.3) is 11.0 Å². The molecule has 0 aromatic carbocycles. The Balaban J connectivity index is 2.52. The van der Waals surface area contributed by atoms with Gasteiger partial charge >= 0.3 is 0 Å². The zero-order chi connectivity index (χ0) is 14.2. The fourth-order valence-corrected chi connectivity index (χ4v) is 1.84. The fraction of sp³-hybridized carbons (Fsp3) is 0.500. The van der Waals surface area contributed by atoms with Crippen LogP contribution in [0.2, 0.25) is 0 Å². The number of halogens is 1. The van der Waals surface area contributed by atoms with Gasteiger partial charge in [0.1, 0.15) is 18.1 Å². The van der Waals surface area contributed by atoms with Gasteiger partial charge in [0, 0.05) is 11.8 Å². The number of hydrogen-bond donors (Lipinski definition) is 2. The number of aliphatic hydroxyl groups is 1.